The normalized spacial score (nSPS) is 17.8. The Labute approximate surface area is 148 Å². The summed E-state index contributed by atoms with van der Waals surface area (Å²) in [6.07, 6.45) is -2.62. The minimum Gasteiger partial charge on any atom is -0.451 e. The fourth-order valence-electron chi connectivity index (χ4n) is 3.02. The predicted octanol–water partition coefficient (Wildman–Crippen LogP) is 5.04. The molecule has 3 rings (SSSR count). The average molecular weight is 362 g/mol. The molecule has 0 amide bonds. The number of carbonyl (C=O) groups excluding carboxylic acids is 2. The van der Waals surface area contributed by atoms with Crippen LogP contribution >= 0.6 is 0 Å². The van der Waals surface area contributed by atoms with Gasteiger partial charge in [0, 0.05) is 6.42 Å². The van der Waals surface area contributed by atoms with Crippen LogP contribution in [0.4, 0.5) is 13.2 Å². The van der Waals surface area contributed by atoms with Crippen LogP contribution in [0.5, 0.6) is 0 Å². The van der Waals surface area contributed by atoms with Gasteiger partial charge in [-0.3, -0.25) is 4.79 Å². The third-order valence-electron chi connectivity index (χ3n) is 4.42. The van der Waals surface area contributed by atoms with Gasteiger partial charge in [0.2, 0.25) is 0 Å². The summed E-state index contributed by atoms with van der Waals surface area (Å²) in [5, 5.41) is 0. The van der Waals surface area contributed by atoms with Crippen LogP contribution < -0.4 is 0 Å². The Bertz CT molecular complexity index is 810. The van der Waals surface area contributed by atoms with E-state index < -0.39 is 23.8 Å². The number of hydrogen-bond donors (Lipinski definition) is 0. The number of halogens is 3. The number of hydrogen-bond acceptors (Lipinski definition) is 3. The van der Waals surface area contributed by atoms with Crippen LogP contribution in [0.2, 0.25) is 0 Å². The summed E-state index contributed by atoms with van der Waals surface area (Å²) >= 11 is 0. The minimum atomic E-state index is -4.42. The molecule has 0 spiro atoms. The minimum absolute atomic E-state index is 0.0865. The van der Waals surface area contributed by atoms with Gasteiger partial charge in [-0.1, -0.05) is 30.3 Å². The summed E-state index contributed by atoms with van der Waals surface area (Å²) < 4.78 is 43.5. The molecule has 0 bridgehead atoms. The van der Waals surface area contributed by atoms with Gasteiger partial charge in [0.15, 0.2) is 11.9 Å². The zero-order valence-corrected chi connectivity index (χ0v) is 13.9. The van der Waals surface area contributed by atoms with Gasteiger partial charge in [-0.15, -0.1) is 0 Å². The first kappa shape index (κ1) is 18.2. The third kappa shape index (κ3) is 3.95. The topological polar surface area (TPSA) is 43.4 Å². The molecule has 0 saturated heterocycles. The molecule has 26 heavy (non-hydrogen) atoms. The van der Waals surface area contributed by atoms with Gasteiger partial charge in [0.25, 0.3) is 0 Å². The van der Waals surface area contributed by atoms with Crippen molar-refractivity contribution in [2.75, 3.05) is 0 Å². The largest absolute Gasteiger partial charge is 0.451 e. The van der Waals surface area contributed by atoms with Gasteiger partial charge in [-0.25, -0.2) is 4.79 Å². The Morgan fingerprint density at radius 2 is 1.69 bits per heavy atom. The first-order valence-corrected chi connectivity index (χ1v) is 8.36. The number of rotatable bonds is 3. The number of Topliss-reactive ketones (excluding diaryl/α,β-unsaturated/α-hetero) is 1. The smallest absolute Gasteiger partial charge is 0.416 e. The molecule has 136 valence electrons. The zero-order chi connectivity index (χ0) is 18.7. The van der Waals surface area contributed by atoms with Crippen LogP contribution in [0, 0.1) is 0 Å². The molecule has 6 heteroatoms. The van der Waals surface area contributed by atoms with E-state index in [0.717, 1.165) is 25.0 Å². The lowest BCUT2D eigenvalue weighted by Crippen LogP contribution is -2.30. The highest BCUT2D eigenvalue weighted by Crippen LogP contribution is 2.32. The first-order chi connectivity index (χ1) is 12.4. The van der Waals surface area contributed by atoms with Gasteiger partial charge in [0.1, 0.15) is 0 Å². The van der Waals surface area contributed by atoms with Crippen molar-refractivity contribution in [2.45, 2.75) is 38.0 Å². The Morgan fingerprint density at radius 1 is 1.00 bits per heavy atom. The molecule has 2 aromatic rings. The number of ether oxygens (including phenoxy) is 1. The molecule has 0 N–H and O–H groups in total. The lowest BCUT2D eigenvalue weighted by molar-refractivity contribution is -0.137. The Morgan fingerprint density at radius 3 is 2.35 bits per heavy atom. The molecule has 0 aliphatic heterocycles. The van der Waals surface area contributed by atoms with Crippen molar-refractivity contribution in [3.63, 3.8) is 0 Å². The Kier molecular flexibility index (Phi) is 5.11. The van der Waals surface area contributed by atoms with Crippen LogP contribution in [0.15, 0.2) is 48.5 Å². The van der Waals surface area contributed by atoms with Gasteiger partial charge >= 0.3 is 12.1 Å². The second-order valence-electron chi connectivity index (χ2n) is 6.23. The van der Waals surface area contributed by atoms with Crippen LogP contribution in [0.3, 0.4) is 0 Å². The van der Waals surface area contributed by atoms with Crippen molar-refractivity contribution >= 4 is 11.8 Å². The average Bonchev–Trinajstić information content (AvgIpc) is 2.63. The molecule has 1 saturated carbocycles. The Hall–Kier alpha value is -2.63. The molecule has 1 aliphatic carbocycles. The van der Waals surface area contributed by atoms with E-state index >= 15 is 0 Å². The van der Waals surface area contributed by atoms with Crippen LogP contribution in [-0.4, -0.2) is 17.9 Å². The fraction of sp³-hybridized carbons (Fsp3) is 0.300. The van der Waals surface area contributed by atoms with E-state index in [2.05, 4.69) is 0 Å². The maximum Gasteiger partial charge on any atom is 0.416 e. The summed E-state index contributed by atoms with van der Waals surface area (Å²) in [6.45, 7) is 0. The molecule has 3 nitrogen and oxygen atoms in total. The van der Waals surface area contributed by atoms with Gasteiger partial charge in [-0.05, 0) is 48.6 Å². The maximum absolute atomic E-state index is 12.7. The van der Waals surface area contributed by atoms with Crippen molar-refractivity contribution in [1.82, 2.24) is 0 Å². The highest BCUT2D eigenvalue weighted by molar-refractivity contribution is 5.99. The second kappa shape index (κ2) is 7.32. The van der Waals surface area contributed by atoms with E-state index in [1.165, 1.54) is 12.1 Å². The molecule has 0 aromatic heterocycles. The van der Waals surface area contributed by atoms with E-state index in [0.29, 0.717) is 24.0 Å². The summed E-state index contributed by atoms with van der Waals surface area (Å²) in [5.74, 6) is -0.725. The Balaban J connectivity index is 1.86. The maximum atomic E-state index is 12.7. The monoisotopic (exact) mass is 362 g/mol. The van der Waals surface area contributed by atoms with E-state index in [9.17, 15) is 22.8 Å². The van der Waals surface area contributed by atoms with Gasteiger partial charge in [0.05, 0.1) is 11.1 Å². The lowest BCUT2D eigenvalue weighted by Gasteiger charge is -2.21. The SMILES string of the molecule is O=C(O[C@H]1CCCCC1=O)c1ccccc1-c1ccc(C(F)(F)F)cc1. The zero-order valence-electron chi connectivity index (χ0n) is 13.9. The molecule has 0 radical (unpaired) electrons. The lowest BCUT2D eigenvalue weighted by atomic mass is 9.96. The molecule has 0 unspecified atom stereocenters. The number of carbonyl (C=O) groups is 2. The highest BCUT2D eigenvalue weighted by Gasteiger charge is 2.30. The predicted molar refractivity (Wildman–Crippen MR) is 89.6 cm³/mol. The van der Waals surface area contributed by atoms with Gasteiger partial charge < -0.3 is 4.74 Å². The third-order valence-corrected chi connectivity index (χ3v) is 4.42. The number of ketones is 1. The number of esters is 1. The summed E-state index contributed by atoms with van der Waals surface area (Å²) in [5.41, 5.74) is 0.412. The van der Waals surface area contributed by atoms with E-state index in [1.807, 2.05) is 0 Å². The number of alkyl halides is 3. The van der Waals surface area contributed by atoms with Gasteiger partial charge in [-0.2, -0.15) is 13.2 Å². The molecule has 2 aromatic carbocycles. The first-order valence-electron chi connectivity index (χ1n) is 8.36. The van der Waals surface area contributed by atoms with Crippen molar-refractivity contribution in [2.24, 2.45) is 0 Å². The van der Waals surface area contributed by atoms with Crippen LogP contribution in [0.25, 0.3) is 11.1 Å². The number of benzene rings is 2. The second-order valence-corrected chi connectivity index (χ2v) is 6.23. The molecular formula is C20H17F3O3. The molecular weight excluding hydrogens is 345 g/mol. The molecule has 1 aliphatic rings. The molecule has 1 fully saturated rings. The van der Waals surface area contributed by atoms with Crippen molar-refractivity contribution in [3.05, 3.63) is 59.7 Å². The summed E-state index contributed by atoms with van der Waals surface area (Å²) in [4.78, 5) is 24.4. The van der Waals surface area contributed by atoms with Crippen LogP contribution in [-0.2, 0) is 15.7 Å². The summed E-state index contributed by atoms with van der Waals surface area (Å²) in [7, 11) is 0. The van der Waals surface area contributed by atoms with E-state index in [4.69, 9.17) is 4.74 Å². The highest BCUT2D eigenvalue weighted by atomic mass is 19.4. The molecule has 1 atom stereocenters. The fourth-order valence-corrected chi connectivity index (χ4v) is 3.02. The summed E-state index contributed by atoms with van der Waals surface area (Å²) in [6, 6.07) is 11.1. The quantitative estimate of drug-likeness (QED) is 0.719. The van der Waals surface area contributed by atoms with Crippen molar-refractivity contribution < 1.29 is 27.5 Å². The van der Waals surface area contributed by atoms with E-state index in [1.54, 1.807) is 24.3 Å². The molecule has 0 heterocycles. The van der Waals surface area contributed by atoms with Crippen molar-refractivity contribution in [3.8, 4) is 11.1 Å². The van der Waals surface area contributed by atoms with Crippen LogP contribution in [0.1, 0.15) is 41.6 Å². The standard InChI is InChI=1S/C20H17F3O3/c21-20(22,23)14-11-9-13(10-12-14)15-5-1-2-6-16(15)19(25)26-18-8-4-3-7-17(18)24/h1-2,5-6,9-12,18H,3-4,7-8H2/t18-/m0/s1. The van der Waals surface area contributed by atoms with Crippen molar-refractivity contribution in [1.29, 1.82) is 0 Å². The van der Waals surface area contributed by atoms with E-state index in [-0.39, 0.29) is 11.3 Å².